The van der Waals surface area contributed by atoms with Crippen molar-refractivity contribution in [2.24, 2.45) is 0 Å². The molecule has 1 heterocycles. The SMILES string of the molecule is CN1CCCC(S(=O)(=O)Cl)C1. The zero-order valence-electron chi connectivity index (χ0n) is 6.46. The average molecular weight is 198 g/mol. The third-order valence-corrected chi connectivity index (χ3v) is 3.92. The van der Waals surface area contributed by atoms with Crippen LogP contribution in [0.25, 0.3) is 0 Å². The summed E-state index contributed by atoms with van der Waals surface area (Å²) < 4.78 is 21.7. The van der Waals surface area contributed by atoms with E-state index in [2.05, 4.69) is 0 Å². The van der Waals surface area contributed by atoms with Gasteiger partial charge in [-0.2, -0.15) is 0 Å². The third kappa shape index (κ3) is 2.61. The van der Waals surface area contributed by atoms with Crippen LogP contribution < -0.4 is 0 Å². The van der Waals surface area contributed by atoms with Crippen LogP contribution in [-0.2, 0) is 9.05 Å². The molecule has 66 valence electrons. The molecule has 0 aliphatic carbocycles. The summed E-state index contributed by atoms with van der Waals surface area (Å²) in [6.45, 7) is 1.55. The quantitative estimate of drug-likeness (QED) is 0.580. The molecule has 0 bridgehead atoms. The van der Waals surface area contributed by atoms with Crippen LogP contribution in [0.2, 0.25) is 0 Å². The Morgan fingerprint density at radius 2 is 2.18 bits per heavy atom. The van der Waals surface area contributed by atoms with E-state index in [0.717, 1.165) is 13.0 Å². The lowest BCUT2D eigenvalue weighted by molar-refractivity contribution is 0.279. The lowest BCUT2D eigenvalue weighted by Crippen LogP contribution is -2.38. The number of nitrogens with zero attached hydrogens (tertiary/aromatic N) is 1. The molecule has 1 aliphatic rings. The van der Waals surface area contributed by atoms with Crippen LogP contribution in [0.4, 0.5) is 0 Å². The molecule has 0 saturated carbocycles. The van der Waals surface area contributed by atoms with Crippen molar-refractivity contribution in [2.45, 2.75) is 18.1 Å². The molecule has 11 heavy (non-hydrogen) atoms. The molecule has 0 aromatic heterocycles. The first-order valence-electron chi connectivity index (χ1n) is 3.62. The summed E-state index contributed by atoms with van der Waals surface area (Å²) in [6, 6.07) is 0. The molecule has 1 saturated heterocycles. The minimum Gasteiger partial charge on any atom is -0.305 e. The van der Waals surface area contributed by atoms with Gasteiger partial charge in [-0.15, -0.1) is 0 Å². The molecule has 1 aliphatic heterocycles. The molecule has 1 atom stereocenters. The number of halogens is 1. The van der Waals surface area contributed by atoms with E-state index in [0.29, 0.717) is 13.0 Å². The summed E-state index contributed by atoms with van der Waals surface area (Å²) in [7, 11) is 3.81. The second kappa shape index (κ2) is 3.29. The molecule has 1 rings (SSSR count). The number of hydrogen-bond donors (Lipinski definition) is 0. The zero-order valence-corrected chi connectivity index (χ0v) is 8.03. The second-order valence-corrected chi connectivity index (χ2v) is 5.91. The fraction of sp³-hybridized carbons (Fsp3) is 1.00. The van der Waals surface area contributed by atoms with Gasteiger partial charge in [-0.05, 0) is 26.4 Å². The highest BCUT2D eigenvalue weighted by atomic mass is 35.7. The summed E-state index contributed by atoms with van der Waals surface area (Å²) in [5.41, 5.74) is 0. The Balaban J connectivity index is 2.60. The van der Waals surface area contributed by atoms with Gasteiger partial charge in [-0.1, -0.05) is 0 Å². The fourth-order valence-electron chi connectivity index (χ4n) is 1.35. The van der Waals surface area contributed by atoms with E-state index in [1.54, 1.807) is 0 Å². The van der Waals surface area contributed by atoms with Crippen LogP contribution in [0.3, 0.4) is 0 Å². The molecular formula is C6H12ClNO2S. The number of likely N-dealkylation sites (tertiary alicyclic amines) is 1. The first-order chi connectivity index (χ1) is 5.00. The number of hydrogen-bond acceptors (Lipinski definition) is 3. The molecule has 0 radical (unpaired) electrons. The molecular weight excluding hydrogens is 186 g/mol. The molecule has 0 N–H and O–H groups in total. The van der Waals surface area contributed by atoms with Crippen LogP contribution in [0.15, 0.2) is 0 Å². The van der Waals surface area contributed by atoms with Crippen molar-refractivity contribution in [3.63, 3.8) is 0 Å². The van der Waals surface area contributed by atoms with Gasteiger partial charge in [-0.25, -0.2) is 8.42 Å². The summed E-state index contributed by atoms with van der Waals surface area (Å²) in [4.78, 5) is 1.99. The summed E-state index contributed by atoms with van der Waals surface area (Å²) >= 11 is 0. The highest BCUT2D eigenvalue weighted by Crippen LogP contribution is 2.18. The van der Waals surface area contributed by atoms with Gasteiger partial charge in [-0.3, -0.25) is 0 Å². The van der Waals surface area contributed by atoms with E-state index in [-0.39, 0.29) is 5.25 Å². The van der Waals surface area contributed by atoms with Crippen molar-refractivity contribution in [3.05, 3.63) is 0 Å². The highest BCUT2D eigenvalue weighted by Gasteiger charge is 2.27. The second-order valence-electron chi connectivity index (χ2n) is 3.00. The Kier molecular flexibility index (Phi) is 2.78. The Morgan fingerprint density at radius 3 is 2.55 bits per heavy atom. The van der Waals surface area contributed by atoms with Crippen molar-refractivity contribution in [3.8, 4) is 0 Å². The Bertz CT molecular complexity index is 227. The van der Waals surface area contributed by atoms with Crippen molar-refractivity contribution >= 4 is 19.7 Å². The number of rotatable bonds is 1. The van der Waals surface area contributed by atoms with Crippen molar-refractivity contribution in [1.29, 1.82) is 0 Å². The van der Waals surface area contributed by atoms with E-state index in [1.165, 1.54) is 0 Å². The summed E-state index contributed by atoms with van der Waals surface area (Å²) in [6.07, 6.45) is 1.63. The van der Waals surface area contributed by atoms with Gasteiger partial charge in [0.15, 0.2) is 0 Å². The first-order valence-corrected chi connectivity index (χ1v) is 5.99. The van der Waals surface area contributed by atoms with Crippen LogP contribution in [0.1, 0.15) is 12.8 Å². The lowest BCUT2D eigenvalue weighted by atomic mass is 10.1. The smallest absolute Gasteiger partial charge is 0.236 e. The van der Waals surface area contributed by atoms with Crippen LogP contribution in [0, 0.1) is 0 Å². The van der Waals surface area contributed by atoms with Gasteiger partial charge in [0.25, 0.3) is 0 Å². The molecule has 1 fully saturated rings. The Hall–Kier alpha value is 0.200. The topological polar surface area (TPSA) is 37.4 Å². The van der Waals surface area contributed by atoms with Gasteiger partial charge in [0.05, 0.1) is 5.25 Å². The summed E-state index contributed by atoms with van der Waals surface area (Å²) in [5.74, 6) is 0. The predicted octanol–water partition coefficient (Wildman–Crippen LogP) is 0.649. The standard InChI is InChI=1S/C6H12ClNO2S/c1-8-4-2-3-6(5-8)11(7,9)10/h6H,2-5H2,1H3. The fourth-order valence-corrected chi connectivity index (χ4v) is 2.67. The Morgan fingerprint density at radius 1 is 1.55 bits per heavy atom. The normalized spacial score (nSPS) is 28.7. The molecule has 0 aromatic rings. The zero-order chi connectivity index (χ0) is 8.48. The van der Waals surface area contributed by atoms with Crippen LogP contribution >= 0.6 is 10.7 Å². The first kappa shape index (κ1) is 9.29. The van der Waals surface area contributed by atoms with E-state index in [1.807, 2.05) is 11.9 Å². The van der Waals surface area contributed by atoms with E-state index < -0.39 is 9.05 Å². The molecule has 0 amide bonds. The molecule has 5 heteroatoms. The predicted molar refractivity (Wildman–Crippen MR) is 45.3 cm³/mol. The minimum absolute atomic E-state index is 0.358. The maximum absolute atomic E-state index is 10.9. The van der Waals surface area contributed by atoms with Gasteiger partial charge in [0.2, 0.25) is 9.05 Å². The average Bonchev–Trinajstić information content (AvgIpc) is 1.86. The monoisotopic (exact) mass is 197 g/mol. The maximum Gasteiger partial charge on any atom is 0.236 e. The molecule has 1 unspecified atom stereocenters. The van der Waals surface area contributed by atoms with E-state index in [4.69, 9.17) is 10.7 Å². The maximum atomic E-state index is 10.9. The molecule has 3 nitrogen and oxygen atoms in total. The minimum atomic E-state index is -3.33. The highest BCUT2D eigenvalue weighted by molar-refractivity contribution is 8.14. The largest absolute Gasteiger partial charge is 0.305 e. The third-order valence-electron chi connectivity index (χ3n) is 1.98. The number of piperidine rings is 1. The molecule has 0 spiro atoms. The lowest BCUT2D eigenvalue weighted by Gasteiger charge is -2.27. The van der Waals surface area contributed by atoms with Crippen molar-refractivity contribution in [2.75, 3.05) is 20.1 Å². The van der Waals surface area contributed by atoms with Gasteiger partial charge in [0, 0.05) is 17.2 Å². The Labute approximate surface area is 71.8 Å². The van der Waals surface area contributed by atoms with Gasteiger partial charge < -0.3 is 4.90 Å². The van der Waals surface area contributed by atoms with Gasteiger partial charge >= 0.3 is 0 Å². The summed E-state index contributed by atoms with van der Waals surface area (Å²) in [5, 5.41) is -0.358. The van der Waals surface area contributed by atoms with Crippen LogP contribution in [0.5, 0.6) is 0 Å². The van der Waals surface area contributed by atoms with E-state index >= 15 is 0 Å². The molecule has 0 aromatic carbocycles. The van der Waals surface area contributed by atoms with E-state index in [9.17, 15) is 8.42 Å². The van der Waals surface area contributed by atoms with Crippen LogP contribution in [-0.4, -0.2) is 38.7 Å². The van der Waals surface area contributed by atoms with Crippen molar-refractivity contribution < 1.29 is 8.42 Å². The van der Waals surface area contributed by atoms with Gasteiger partial charge in [0.1, 0.15) is 0 Å². The van der Waals surface area contributed by atoms with Crippen molar-refractivity contribution in [1.82, 2.24) is 4.90 Å².